The van der Waals surface area contributed by atoms with E-state index < -0.39 is 29.1 Å². The highest BCUT2D eigenvalue weighted by Crippen LogP contribution is 2.40. The molecule has 1 aromatic carbocycles. The van der Waals surface area contributed by atoms with E-state index in [1.165, 1.54) is 37.4 Å². The van der Waals surface area contributed by atoms with Gasteiger partial charge in [-0.1, -0.05) is 0 Å². The summed E-state index contributed by atoms with van der Waals surface area (Å²) in [4.78, 5) is 24.1. The molecule has 9 heteroatoms. The normalized spacial score (nSPS) is 20.4. The number of carbonyl (C=O) groups excluding carboxylic acids is 2. The fourth-order valence-corrected chi connectivity index (χ4v) is 2.33. The van der Waals surface area contributed by atoms with Crippen LogP contribution in [-0.2, 0) is 4.79 Å². The predicted octanol–water partition coefficient (Wildman–Crippen LogP) is 1.65. The number of rotatable bonds is 3. The Bertz CT molecular complexity index is 763. The number of halogens is 3. The Kier molecular flexibility index (Phi) is 4.25. The summed E-state index contributed by atoms with van der Waals surface area (Å²) in [5.74, 6) is -2.26. The Hall–Kier alpha value is -3.02. The number of nitrogens with zero attached hydrogens (tertiary/aromatic N) is 1. The maximum absolute atomic E-state index is 13.6. The minimum Gasteiger partial charge on any atom is -0.497 e. The number of amides is 2. The van der Waals surface area contributed by atoms with Gasteiger partial charge in [0.1, 0.15) is 5.75 Å². The highest BCUT2D eigenvalue weighted by atomic mass is 19.4. The van der Waals surface area contributed by atoms with Crippen LogP contribution in [0.1, 0.15) is 17.3 Å². The zero-order valence-electron chi connectivity index (χ0n) is 12.6. The van der Waals surface area contributed by atoms with Gasteiger partial charge < -0.3 is 15.4 Å². The van der Waals surface area contributed by atoms with Crippen LogP contribution in [0, 0.1) is 11.3 Å². The van der Waals surface area contributed by atoms with Gasteiger partial charge in [0.05, 0.1) is 18.8 Å². The van der Waals surface area contributed by atoms with Gasteiger partial charge >= 0.3 is 6.18 Å². The molecule has 0 unspecified atom stereocenters. The van der Waals surface area contributed by atoms with E-state index >= 15 is 0 Å². The number of hydrogen-bond acceptors (Lipinski definition) is 4. The first-order valence-corrected chi connectivity index (χ1v) is 6.63. The maximum Gasteiger partial charge on any atom is 0.425 e. The van der Waals surface area contributed by atoms with Crippen LogP contribution in [0.3, 0.4) is 0 Å². The topological polar surface area (TPSA) is 91.2 Å². The number of carbonyl (C=O) groups is 2. The molecule has 1 aliphatic rings. The molecule has 0 fully saturated rings. The first kappa shape index (κ1) is 17.3. The highest BCUT2D eigenvalue weighted by Gasteiger charge is 2.67. The van der Waals surface area contributed by atoms with E-state index in [0.29, 0.717) is 5.75 Å². The van der Waals surface area contributed by atoms with Crippen LogP contribution in [-0.4, -0.2) is 30.6 Å². The second-order valence-electron chi connectivity index (χ2n) is 5.00. The summed E-state index contributed by atoms with van der Waals surface area (Å²) in [7, 11) is 1.39. The molecule has 1 aromatic rings. The summed E-state index contributed by atoms with van der Waals surface area (Å²) >= 11 is 0. The van der Waals surface area contributed by atoms with Gasteiger partial charge in [-0.25, -0.2) is 0 Å². The van der Waals surface area contributed by atoms with Crippen LogP contribution >= 0.6 is 0 Å². The van der Waals surface area contributed by atoms with Crippen LogP contribution < -0.4 is 15.4 Å². The van der Waals surface area contributed by atoms with Crippen molar-refractivity contribution in [3.63, 3.8) is 0 Å². The molecule has 2 amide bonds. The van der Waals surface area contributed by atoms with Crippen molar-refractivity contribution in [2.24, 2.45) is 0 Å². The van der Waals surface area contributed by atoms with Crippen molar-refractivity contribution in [2.75, 3.05) is 7.11 Å². The third kappa shape index (κ3) is 2.56. The second kappa shape index (κ2) is 5.88. The molecule has 0 radical (unpaired) electrons. The molecule has 0 aliphatic carbocycles. The number of ether oxygens (including phenoxy) is 1. The molecule has 0 spiro atoms. The monoisotopic (exact) mass is 339 g/mol. The van der Waals surface area contributed by atoms with Crippen molar-refractivity contribution < 1.29 is 27.5 Å². The minimum atomic E-state index is -5.19. The van der Waals surface area contributed by atoms with E-state index in [1.54, 1.807) is 5.32 Å². The van der Waals surface area contributed by atoms with Crippen molar-refractivity contribution in [1.82, 2.24) is 10.6 Å². The Balaban J connectivity index is 2.46. The fraction of sp³-hybridized carbons (Fsp3) is 0.267. The molecule has 0 bridgehead atoms. The first-order chi connectivity index (χ1) is 11.2. The zero-order valence-corrected chi connectivity index (χ0v) is 12.6. The molecule has 0 aromatic heterocycles. The van der Waals surface area contributed by atoms with Gasteiger partial charge in [0.25, 0.3) is 17.4 Å². The van der Waals surface area contributed by atoms with Crippen molar-refractivity contribution in [3.05, 3.63) is 41.1 Å². The van der Waals surface area contributed by atoms with Crippen LogP contribution in [0.15, 0.2) is 35.5 Å². The van der Waals surface area contributed by atoms with Gasteiger partial charge in [0.2, 0.25) is 0 Å². The number of benzene rings is 1. The largest absolute Gasteiger partial charge is 0.497 e. The number of alkyl halides is 3. The molecule has 0 saturated carbocycles. The zero-order chi connectivity index (χ0) is 18.1. The predicted molar refractivity (Wildman–Crippen MR) is 75.7 cm³/mol. The van der Waals surface area contributed by atoms with Crippen LogP contribution in [0.25, 0.3) is 0 Å². The summed E-state index contributed by atoms with van der Waals surface area (Å²) < 4.78 is 45.7. The van der Waals surface area contributed by atoms with Crippen LogP contribution in [0.4, 0.5) is 13.2 Å². The Morgan fingerprint density at radius 1 is 1.33 bits per heavy atom. The van der Waals surface area contributed by atoms with E-state index in [9.17, 15) is 22.8 Å². The summed E-state index contributed by atoms with van der Waals surface area (Å²) in [5, 5.41) is 12.7. The number of nitriles is 1. The van der Waals surface area contributed by atoms with Crippen LogP contribution in [0.2, 0.25) is 0 Å². The summed E-state index contributed by atoms with van der Waals surface area (Å²) in [5.41, 5.74) is -4.67. The van der Waals surface area contributed by atoms with Crippen molar-refractivity contribution >= 4 is 11.8 Å². The molecule has 24 heavy (non-hydrogen) atoms. The summed E-state index contributed by atoms with van der Waals surface area (Å²) in [6.45, 7) is 1.16. The lowest BCUT2D eigenvalue weighted by molar-refractivity contribution is -0.184. The van der Waals surface area contributed by atoms with Gasteiger partial charge in [-0.15, -0.1) is 0 Å². The molecule has 2 N–H and O–H groups in total. The van der Waals surface area contributed by atoms with Crippen LogP contribution in [0.5, 0.6) is 5.75 Å². The molecule has 0 saturated heterocycles. The smallest absolute Gasteiger partial charge is 0.425 e. The van der Waals surface area contributed by atoms with Gasteiger partial charge in [-0.2, -0.15) is 18.4 Å². The maximum atomic E-state index is 13.6. The lowest BCUT2D eigenvalue weighted by Crippen LogP contribution is -2.64. The van der Waals surface area contributed by atoms with E-state index in [1.807, 2.05) is 5.32 Å². The molecule has 126 valence electrons. The quantitative estimate of drug-likeness (QED) is 0.876. The fourth-order valence-electron chi connectivity index (χ4n) is 2.33. The van der Waals surface area contributed by atoms with Gasteiger partial charge in [0, 0.05) is 11.3 Å². The molecule has 1 atom stereocenters. The standard InChI is InChI=1S/C15H12F3N3O3/c1-8-11(7-19)14(13(23)20-8,15(16,17)18)21-12(22)9-3-5-10(24-2)6-4-9/h3-6H,1-2H3,(H,20,23)(H,21,22)/t14-/m1/s1. The van der Waals surface area contributed by atoms with Crippen molar-refractivity contribution in [3.8, 4) is 11.8 Å². The van der Waals surface area contributed by atoms with Gasteiger partial charge in [-0.3, -0.25) is 9.59 Å². The third-order valence-corrected chi connectivity index (χ3v) is 3.58. The number of methoxy groups -OCH3 is 1. The third-order valence-electron chi connectivity index (χ3n) is 3.58. The highest BCUT2D eigenvalue weighted by molar-refractivity contribution is 6.04. The minimum absolute atomic E-state index is 0.117. The van der Waals surface area contributed by atoms with E-state index in [-0.39, 0.29) is 11.3 Å². The number of allylic oxidation sites excluding steroid dienone is 1. The Labute approximate surface area is 134 Å². The molecule has 2 rings (SSSR count). The van der Waals surface area contributed by atoms with E-state index in [4.69, 9.17) is 10.00 Å². The molecule has 1 aliphatic heterocycles. The summed E-state index contributed by atoms with van der Waals surface area (Å²) in [6.07, 6.45) is -5.19. The Morgan fingerprint density at radius 3 is 2.38 bits per heavy atom. The van der Waals surface area contributed by atoms with Crippen molar-refractivity contribution in [2.45, 2.75) is 18.6 Å². The van der Waals surface area contributed by atoms with E-state index in [2.05, 4.69) is 0 Å². The van der Waals surface area contributed by atoms with E-state index in [0.717, 1.165) is 6.92 Å². The molecule has 1 heterocycles. The second-order valence-corrected chi connectivity index (χ2v) is 5.00. The SMILES string of the molecule is COc1ccc(C(=O)N[C@@]2(C(F)(F)F)C(=O)NC(C)=C2C#N)cc1. The molecular weight excluding hydrogens is 327 g/mol. The lowest BCUT2D eigenvalue weighted by atomic mass is 9.90. The summed E-state index contributed by atoms with van der Waals surface area (Å²) in [6, 6.07) is 6.62. The van der Waals surface area contributed by atoms with Gasteiger partial charge in [-0.05, 0) is 31.2 Å². The number of hydrogen-bond donors (Lipinski definition) is 2. The molecule has 6 nitrogen and oxygen atoms in total. The number of nitrogens with one attached hydrogen (secondary N) is 2. The average Bonchev–Trinajstić information content (AvgIpc) is 2.77. The van der Waals surface area contributed by atoms with Gasteiger partial charge in [0.15, 0.2) is 0 Å². The van der Waals surface area contributed by atoms with Crippen molar-refractivity contribution in [1.29, 1.82) is 5.26 Å². The average molecular weight is 339 g/mol. The lowest BCUT2D eigenvalue weighted by Gasteiger charge is -2.30. The molecular formula is C15H12F3N3O3. The Morgan fingerprint density at radius 2 is 1.92 bits per heavy atom. The first-order valence-electron chi connectivity index (χ1n) is 6.63.